The predicted molar refractivity (Wildman–Crippen MR) is 101 cm³/mol. The zero-order valence-corrected chi connectivity index (χ0v) is 14.5. The van der Waals surface area contributed by atoms with E-state index >= 15 is 0 Å². The molecule has 0 unspecified atom stereocenters. The van der Waals surface area contributed by atoms with Crippen LogP contribution in [0.25, 0.3) is 0 Å². The molecule has 0 heterocycles. The second-order valence-corrected chi connectivity index (χ2v) is 7.12. The third kappa shape index (κ3) is 4.30. The maximum absolute atomic E-state index is 12.5. The fourth-order valence-electron chi connectivity index (χ4n) is 2.27. The molecule has 0 fully saturated rings. The Kier molecular flexibility index (Phi) is 5.03. The summed E-state index contributed by atoms with van der Waals surface area (Å²) in [6, 6.07) is 24.2. The molecule has 0 saturated carbocycles. The van der Waals surface area contributed by atoms with Gasteiger partial charge in [0.2, 0.25) is 0 Å². The van der Waals surface area contributed by atoms with Crippen LogP contribution in [0, 0.1) is 23.2 Å². The highest BCUT2D eigenvalue weighted by atomic mass is 32.2. The van der Waals surface area contributed by atoms with E-state index in [1.165, 1.54) is 18.2 Å². The standard InChI is InChI=1S/C21H14N2O2S/c22-16-19-9-5-11-21(15-19)26(24,25)23-20-10-4-8-18(14-20)13-12-17-6-2-1-3-7-17/h1-11,14-15,23H. The molecule has 0 spiro atoms. The van der Waals surface area contributed by atoms with Gasteiger partial charge in [0.1, 0.15) is 0 Å². The first kappa shape index (κ1) is 17.3. The second kappa shape index (κ2) is 7.57. The van der Waals surface area contributed by atoms with Crippen molar-refractivity contribution in [1.29, 1.82) is 5.26 Å². The maximum Gasteiger partial charge on any atom is 0.261 e. The summed E-state index contributed by atoms with van der Waals surface area (Å²) in [4.78, 5) is 0.0392. The highest BCUT2D eigenvalue weighted by molar-refractivity contribution is 7.92. The van der Waals surface area contributed by atoms with Crippen LogP contribution < -0.4 is 4.72 Å². The van der Waals surface area contributed by atoms with E-state index in [4.69, 9.17) is 5.26 Å². The smallest absolute Gasteiger partial charge is 0.261 e. The topological polar surface area (TPSA) is 70.0 Å². The molecule has 126 valence electrons. The predicted octanol–water partition coefficient (Wildman–Crippen LogP) is 3.76. The summed E-state index contributed by atoms with van der Waals surface area (Å²) in [5.41, 5.74) is 2.27. The minimum atomic E-state index is -3.78. The summed E-state index contributed by atoms with van der Waals surface area (Å²) in [5.74, 6) is 6.05. The maximum atomic E-state index is 12.5. The molecule has 0 aromatic heterocycles. The molecule has 26 heavy (non-hydrogen) atoms. The van der Waals surface area contributed by atoms with Gasteiger partial charge in [0, 0.05) is 11.1 Å². The van der Waals surface area contributed by atoms with Crippen molar-refractivity contribution in [2.75, 3.05) is 4.72 Å². The van der Waals surface area contributed by atoms with E-state index < -0.39 is 10.0 Å². The zero-order chi connectivity index (χ0) is 18.4. The third-order valence-electron chi connectivity index (χ3n) is 3.51. The summed E-state index contributed by atoms with van der Waals surface area (Å²) in [6.45, 7) is 0. The minimum Gasteiger partial charge on any atom is -0.280 e. The van der Waals surface area contributed by atoms with Gasteiger partial charge in [-0.15, -0.1) is 0 Å². The average molecular weight is 358 g/mol. The quantitative estimate of drug-likeness (QED) is 0.725. The molecule has 0 amide bonds. The SMILES string of the molecule is N#Cc1cccc(S(=O)(=O)Nc2cccc(C#Cc3ccccc3)c2)c1. The van der Waals surface area contributed by atoms with Gasteiger partial charge in [-0.2, -0.15) is 5.26 Å². The first-order chi connectivity index (χ1) is 12.6. The fraction of sp³-hybridized carbons (Fsp3) is 0. The van der Waals surface area contributed by atoms with Gasteiger partial charge in [-0.1, -0.05) is 42.2 Å². The molecule has 0 aliphatic carbocycles. The van der Waals surface area contributed by atoms with Crippen molar-refractivity contribution < 1.29 is 8.42 Å². The highest BCUT2D eigenvalue weighted by Gasteiger charge is 2.14. The number of nitrogens with one attached hydrogen (secondary N) is 1. The Hall–Kier alpha value is -3.54. The highest BCUT2D eigenvalue weighted by Crippen LogP contribution is 2.18. The van der Waals surface area contributed by atoms with Crippen LogP contribution in [0.4, 0.5) is 5.69 Å². The Balaban J connectivity index is 1.85. The van der Waals surface area contributed by atoms with Crippen LogP contribution in [0.2, 0.25) is 0 Å². The molecule has 3 aromatic carbocycles. The Labute approximate surface area is 152 Å². The van der Waals surface area contributed by atoms with Gasteiger partial charge < -0.3 is 0 Å². The second-order valence-electron chi connectivity index (χ2n) is 5.44. The van der Waals surface area contributed by atoms with Crippen molar-refractivity contribution in [3.8, 4) is 17.9 Å². The molecular formula is C21H14N2O2S. The van der Waals surface area contributed by atoms with Gasteiger partial charge in [-0.05, 0) is 48.5 Å². The number of benzene rings is 3. The zero-order valence-electron chi connectivity index (χ0n) is 13.7. The van der Waals surface area contributed by atoms with E-state index in [1.807, 2.05) is 42.5 Å². The number of hydrogen-bond donors (Lipinski definition) is 1. The van der Waals surface area contributed by atoms with Gasteiger partial charge in [0.15, 0.2) is 0 Å². The lowest BCUT2D eigenvalue weighted by Gasteiger charge is -2.08. The summed E-state index contributed by atoms with van der Waals surface area (Å²) < 4.78 is 27.5. The van der Waals surface area contributed by atoms with Crippen molar-refractivity contribution in [2.24, 2.45) is 0 Å². The molecular weight excluding hydrogens is 344 g/mol. The largest absolute Gasteiger partial charge is 0.280 e. The lowest BCUT2D eigenvalue weighted by Crippen LogP contribution is -2.13. The van der Waals surface area contributed by atoms with Gasteiger partial charge in [0.05, 0.1) is 22.2 Å². The molecule has 0 aliphatic heterocycles. The van der Waals surface area contributed by atoms with E-state index in [9.17, 15) is 8.42 Å². The van der Waals surface area contributed by atoms with Crippen molar-refractivity contribution in [3.63, 3.8) is 0 Å². The number of anilines is 1. The number of hydrogen-bond acceptors (Lipinski definition) is 3. The summed E-state index contributed by atoms with van der Waals surface area (Å²) in [6.07, 6.45) is 0. The van der Waals surface area contributed by atoms with Gasteiger partial charge in [-0.25, -0.2) is 8.42 Å². The minimum absolute atomic E-state index is 0.0392. The Morgan fingerprint density at radius 3 is 2.15 bits per heavy atom. The van der Waals surface area contributed by atoms with E-state index in [-0.39, 0.29) is 10.5 Å². The molecule has 0 bridgehead atoms. The van der Waals surface area contributed by atoms with E-state index in [0.29, 0.717) is 11.3 Å². The molecule has 3 rings (SSSR count). The molecule has 4 nitrogen and oxygen atoms in total. The van der Waals surface area contributed by atoms with E-state index in [2.05, 4.69) is 16.6 Å². The van der Waals surface area contributed by atoms with Crippen LogP contribution >= 0.6 is 0 Å². The van der Waals surface area contributed by atoms with Gasteiger partial charge >= 0.3 is 0 Å². The number of rotatable bonds is 3. The van der Waals surface area contributed by atoms with E-state index in [0.717, 1.165) is 5.56 Å². The monoisotopic (exact) mass is 358 g/mol. The number of nitriles is 1. The normalized spacial score (nSPS) is 10.3. The van der Waals surface area contributed by atoms with Crippen LogP contribution in [-0.2, 0) is 10.0 Å². The summed E-state index contributed by atoms with van der Waals surface area (Å²) in [7, 11) is -3.78. The summed E-state index contributed by atoms with van der Waals surface area (Å²) >= 11 is 0. The average Bonchev–Trinajstić information content (AvgIpc) is 2.67. The first-order valence-corrected chi connectivity index (χ1v) is 9.25. The molecule has 1 N–H and O–H groups in total. The van der Waals surface area contributed by atoms with E-state index in [1.54, 1.807) is 24.3 Å². The lowest BCUT2D eigenvalue weighted by atomic mass is 10.2. The van der Waals surface area contributed by atoms with Gasteiger partial charge in [-0.3, -0.25) is 4.72 Å². The van der Waals surface area contributed by atoms with Crippen LogP contribution in [0.15, 0.2) is 83.8 Å². The Morgan fingerprint density at radius 2 is 1.38 bits per heavy atom. The van der Waals surface area contributed by atoms with Crippen molar-refractivity contribution in [2.45, 2.75) is 4.90 Å². The van der Waals surface area contributed by atoms with Crippen LogP contribution in [0.3, 0.4) is 0 Å². The molecule has 0 aliphatic rings. The fourth-order valence-corrected chi connectivity index (χ4v) is 3.37. The van der Waals surface area contributed by atoms with Crippen LogP contribution in [0.1, 0.15) is 16.7 Å². The molecule has 0 saturated heterocycles. The molecule has 5 heteroatoms. The lowest BCUT2D eigenvalue weighted by molar-refractivity contribution is 0.601. The van der Waals surface area contributed by atoms with Crippen molar-refractivity contribution in [1.82, 2.24) is 0 Å². The molecule has 3 aromatic rings. The molecule has 0 radical (unpaired) electrons. The number of sulfonamides is 1. The van der Waals surface area contributed by atoms with Crippen molar-refractivity contribution >= 4 is 15.7 Å². The van der Waals surface area contributed by atoms with Crippen molar-refractivity contribution in [3.05, 3.63) is 95.6 Å². The Morgan fingerprint density at radius 1 is 0.731 bits per heavy atom. The first-order valence-electron chi connectivity index (χ1n) is 7.77. The van der Waals surface area contributed by atoms with Crippen LogP contribution in [0.5, 0.6) is 0 Å². The molecule has 0 atom stereocenters. The van der Waals surface area contributed by atoms with Gasteiger partial charge in [0.25, 0.3) is 10.0 Å². The summed E-state index contributed by atoms with van der Waals surface area (Å²) in [5, 5.41) is 8.93. The number of nitrogens with zero attached hydrogens (tertiary/aromatic N) is 1. The van der Waals surface area contributed by atoms with Crippen LogP contribution in [-0.4, -0.2) is 8.42 Å². The Bertz CT molecular complexity index is 1140. The third-order valence-corrected chi connectivity index (χ3v) is 4.89.